The second kappa shape index (κ2) is 7.18. The first kappa shape index (κ1) is 17.1. The second-order valence-electron chi connectivity index (χ2n) is 6.56. The maximum Gasteiger partial charge on any atom is 0.226 e. The van der Waals surface area contributed by atoms with Crippen LogP contribution >= 0.6 is 11.3 Å². The molecule has 1 aromatic heterocycles. The Bertz CT molecular complexity index is 435. The van der Waals surface area contributed by atoms with Crippen molar-refractivity contribution in [2.24, 2.45) is 5.92 Å². The summed E-state index contributed by atoms with van der Waals surface area (Å²) in [6.07, 6.45) is 0.703. The SMILES string of the molecule is C[C@H](CNC(=O)Cc1csc(C(C)(C)C)n1)C[C@H](C)O. The highest BCUT2D eigenvalue weighted by atomic mass is 32.1. The van der Waals surface area contributed by atoms with Crippen molar-refractivity contribution in [3.8, 4) is 0 Å². The van der Waals surface area contributed by atoms with Crippen LogP contribution in [-0.2, 0) is 16.6 Å². The van der Waals surface area contributed by atoms with E-state index in [9.17, 15) is 9.90 Å². The van der Waals surface area contributed by atoms with Crippen molar-refractivity contribution < 1.29 is 9.90 Å². The lowest BCUT2D eigenvalue weighted by Gasteiger charge is -2.14. The van der Waals surface area contributed by atoms with E-state index in [1.165, 1.54) is 0 Å². The van der Waals surface area contributed by atoms with Crippen LogP contribution in [0, 0.1) is 5.92 Å². The first-order valence-corrected chi connectivity index (χ1v) is 7.96. The molecule has 0 unspecified atom stereocenters. The van der Waals surface area contributed by atoms with Gasteiger partial charge in [0.1, 0.15) is 0 Å². The second-order valence-corrected chi connectivity index (χ2v) is 7.42. The van der Waals surface area contributed by atoms with Gasteiger partial charge in [-0.05, 0) is 19.3 Å². The summed E-state index contributed by atoms with van der Waals surface area (Å²) < 4.78 is 0. The molecule has 0 saturated carbocycles. The molecule has 20 heavy (non-hydrogen) atoms. The first-order valence-electron chi connectivity index (χ1n) is 7.08. The number of aliphatic hydroxyl groups excluding tert-OH is 1. The standard InChI is InChI=1S/C15H26N2O2S/c1-10(6-11(2)18)8-16-13(19)7-12-9-20-14(17-12)15(3,4)5/h9-11,18H,6-8H2,1-5H3,(H,16,19)/t10-,11-/m0/s1. The van der Waals surface area contributed by atoms with E-state index in [0.29, 0.717) is 19.4 Å². The van der Waals surface area contributed by atoms with Crippen LogP contribution in [0.5, 0.6) is 0 Å². The molecular weight excluding hydrogens is 272 g/mol. The highest BCUT2D eigenvalue weighted by Gasteiger charge is 2.18. The molecule has 114 valence electrons. The molecule has 2 N–H and O–H groups in total. The summed E-state index contributed by atoms with van der Waals surface area (Å²) in [7, 11) is 0. The number of thiazole rings is 1. The number of carbonyl (C=O) groups is 1. The van der Waals surface area contributed by atoms with Gasteiger partial charge >= 0.3 is 0 Å². The molecule has 0 saturated heterocycles. The Balaban J connectivity index is 2.41. The Hall–Kier alpha value is -0.940. The Morgan fingerprint density at radius 1 is 1.45 bits per heavy atom. The van der Waals surface area contributed by atoms with E-state index >= 15 is 0 Å². The van der Waals surface area contributed by atoms with Crippen molar-refractivity contribution in [1.29, 1.82) is 0 Å². The zero-order valence-electron chi connectivity index (χ0n) is 13.1. The van der Waals surface area contributed by atoms with Crippen LogP contribution in [0.4, 0.5) is 0 Å². The van der Waals surface area contributed by atoms with E-state index in [1.807, 2.05) is 12.3 Å². The molecule has 0 fully saturated rings. The molecule has 1 aromatic rings. The van der Waals surface area contributed by atoms with Crippen LogP contribution in [0.3, 0.4) is 0 Å². The molecule has 1 amide bonds. The van der Waals surface area contributed by atoms with Crippen molar-refractivity contribution in [3.63, 3.8) is 0 Å². The van der Waals surface area contributed by atoms with Crippen LogP contribution in [0.2, 0.25) is 0 Å². The van der Waals surface area contributed by atoms with Gasteiger partial charge < -0.3 is 10.4 Å². The summed E-state index contributed by atoms with van der Waals surface area (Å²) in [4.78, 5) is 16.4. The van der Waals surface area contributed by atoms with Crippen LogP contribution in [-0.4, -0.2) is 28.6 Å². The summed E-state index contributed by atoms with van der Waals surface area (Å²) >= 11 is 1.61. The number of nitrogens with one attached hydrogen (secondary N) is 1. The Labute approximate surface area is 125 Å². The summed E-state index contributed by atoms with van der Waals surface area (Å²) in [6.45, 7) is 10.7. The van der Waals surface area contributed by atoms with E-state index in [4.69, 9.17) is 0 Å². The van der Waals surface area contributed by atoms with E-state index in [2.05, 4.69) is 31.1 Å². The topological polar surface area (TPSA) is 62.2 Å². The van der Waals surface area contributed by atoms with Crippen LogP contribution in [0.1, 0.15) is 51.7 Å². The highest BCUT2D eigenvalue weighted by Crippen LogP contribution is 2.25. The van der Waals surface area contributed by atoms with Crippen molar-refractivity contribution in [2.75, 3.05) is 6.54 Å². The molecule has 0 aromatic carbocycles. The van der Waals surface area contributed by atoms with Gasteiger partial charge in [-0.2, -0.15) is 0 Å². The minimum atomic E-state index is -0.324. The molecule has 0 radical (unpaired) electrons. The number of aliphatic hydroxyl groups is 1. The third-order valence-corrected chi connectivity index (χ3v) is 4.24. The third kappa shape index (κ3) is 6.01. The summed E-state index contributed by atoms with van der Waals surface area (Å²) in [5, 5.41) is 15.2. The fraction of sp³-hybridized carbons (Fsp3) is 0.733. The number of hydrogen-bond acceptors (Lipinski definition) is 4. The molecule has 1 heterocycles. The van der Waals surface area contributed by atoms with Crippen molar-refractivity contribution in [2.45, 2.75) is 59.0 Å². The molecule has 4 nitrogen and oxygen atoms in total. The van der Waals surface area contributed by atoms with Gasteiger partial charge in [0.15, 0.2) is 0 Å². The predicted molar refractivity (Wildman–Crippen MR) is 83.0 cm³/mol. The minimum Gasteiger partial charge on any atom is -0.393 e. The minimum absolute atomic E-state index is 0.00629. The van der Waals surface area contributed by atoms with Crippen molar-refractivity contribution >= 4 is 17.2 Å². The quantitative estimate of drug-likeness (QED) is 0.848. The van der Waals surface area contributed by atoms with Crippen LogP contribution in [0.15, 0.2) is 5.38 Å². The Morgan fingerprint density at radius 3 is 2.60 bits per heavy atom. The molecule has 2 atom stereocenters. The van der Waals surface area contributed by atoms with Gasteiger partial charge in [-0.3, -0.25) is 4.79 Å². The number of rotatable bonds is 6. The smallest absolute Gasteiger partial charge is 0.226 e. The zero-order valence-corrected chi connectivity index (χ0v) is 13.9. The third-order valence-electron chi connectivity index (χ3n) is 2.93. The fourth-order valence-electron chi connectivity index (χ4n) is 1.91. The molecule has 0 aliphatic carbocycles. The molecule has 5 heteroatoms. The number of amides is 1. The van der Waals surface area contributed by atoms with E-state index in [0.717, 1.165) is 10.7 Å². The number of hydrogen-bond donors (Lipinski definition) is 2. The van der Waals surface area contributed by atoms with Gasteiger partial charge in [-0.1, -0.05) is 27.7 Å². The lowest BCUT2D eigenvalue weighted by atomic mass is 9.98. The largest absolute Gasteiger partial charge is 0.393 e. The van der Waals surface area contributed by atoms with Gasteiger partial charge in [-0.15, -0.1) is 11.3 Å². The zero-order chi connectivity index (χ0) is 15.3. The van der Waals surface area contributed by atoms with Crippen molar-refractivity contribution in [3.05, 3.63) is 16.1 Å². The lowest BCUT2D eigenvalue weighted by molar-refractivity contribution is -0.120. The van der Waals surface area contributed by atoms with Gasteiger partial charge in [0, 0.05) is 17.3 Å². The van der Waals surface area contributed by atoms with E-state index in [1.54, 1.807) is 18.3 Å². The number of nitrogens with zero attached hydrogens (tertiary/aromatic N) is 1. The lowest BCUT2D eigenvalue weighted by Crippen LogP contribution is -2.30. The van der Waals surface area contributed by atoms with Gasteiger partial charge in [0.2, 0.25) is 5.91 Å². The molecule has 1 rings (SSSR count). The number of carbonyl (C=O) groups excluding carboxylic acids is 1. The molecular formula is C15H26N2O2S. The number of aromatic nitrogens is 1. The monoisotopic (exact) mass is 298 g/mol. The highest BCUT2D eigenvalue weighted by molar-refractivity contribution is 7.09. The van der Waals surface area contributed by atoms with Crippen LogP contribution < -0.4 is 5.32 Å². The molecule has 0 bridgehead atoms. The molecule has 0 spiro atoms. The summed E-state index contributed by atoms with van der Waals surface area (Å²) in [5.41, 5.74) is 0.867. The summed E-state index contributed by atoms with van der Waals surface area (Å²) in [6, 6.07) is 0. The average molecular weight is 298 g/mol. The average Bonchev–Trinajstić information content (AvgIpc) is 2.73. The summed E-state index contributed by atoms with van der Waals surface area (Å²) in [5.74, 6) is 0.271. The maximum atomic E-state index is 11.9. The van der Waals surface area contributed by atoms with E-state index < -0.39 is 0 Å². The van der Waals surface area contributed by atoms with Gasteiger partial charge in [-0.25, -0.2) is 4.98 Å². The molecule has 0 aliphatic rings. The maximum absolute atomic E-state index is 11.9. The first-order chi connectivity index (χ1) is 9.18. The van der Waals surface area contributed by atoms with E-state index in [-0.39, 0.29) is 23.3 Å². The Morgan fingerprint density at radius 2 is 2.10 bits per heavy atom. The predicted octanol–water partition coefficient (Wildman–Crippen LogP) is 2.51. The van der Waals surface area contributed by atoms with Gasteiger partial charge in [0.05, 0.1) is 23.2 Å². The molecule has 0 aliphatic heterocycles. The Kier molecular flexibility index (Phi) is 6.14. The van der Waals surface area contributed by atoms with Gasteiger partial charge in [0.25, 0.3) is 0 Å². The fourth-order valence-corrected chi connectivity index (χ4v) is 2.82. The normalized spacial score (nSPS) is 14.9. The van der Waals surface area contributed by atoms with Crippen molar-refractivity contribution in [1.82, 2.24) is 10.3 Å². The van der Waals surface area contributed by atoms with Crippen LogP contribution in [0.25, 0.3) is 0 Å².